The van der Waals surface area contributed by atoms with Crippen molar-refractivity contribution in [3.63, 3.8) is 0 Å². The highest BCUT2D eigenvalue weighted by atomic mass is 16.1. The maximum atomic E-state index is 12.7. The van der Waals surface area contributed by atoms with E-state index >= 15 is 0 Å². The van der Waals surface area contributed by atoms with Crippen molar-refractivity contribution in [1.29, 1.82) is 0 Å². The number of hydrogen-bond acceptors (Lipinski definition) is 3. The van der Waals surface area contributed by atoms with Crippen LogP contribution in [0.5, 0.6) is 0 Å². The number of pyridine rings is 1. The Balaban J connectivity index is 2.29. The molecule has 0 aliphatic heterocycles. The molecule has 0 saturated heterocycles. The number of hydrogen-bond donors (Lipinski definition) is 1. The molecule has 0 spiro atoms. The van der Waals surface area contributed by atoms with E-state index in [0.29, 0.717) is 27.6 Å². The summed E-state index contributed by atoms with van der Waals surface area (Å²) in [4.78, 5) is 25.3. The number of nitrogens with zero attached hydrogens (tertiary/aromatic N) is 1. The minimum atomic E-state index is -0.156. The Hall–Kier alpha value is -2.72. The maximum Gasteiger partial charge on any atom is 0.260 e. The third-order valence-electron chi connectivity index (χ3n) is 4.02. The van der Waals surface area contributed by atoms with E-state index in [4.69, 9.17) is 5.73 Å². The molecule has 102 valence electrons. The summed E-state index contributed by atoms with van der Waals surface area (Å²) in [6, 6.07) is 14.5. The summed E-state index contributed by atoms with van der Waals surface area (Å²) in [5, 5.41) is 1.23. The van der Waals surface area contributed by atoms with Crippen LogP contribution in [0.2, 0.25) is 0 Å². The molecular weight excluding hydrogens is 264 g/mol. The molecular formula is C17H12N2O2. The SMILES string of the molecule is NCn1c2c(c3ccccc3c1=O)C(=O)c1ccccc1-2. The number of carbonyl (C=O) groups excluding carboxylic acids is 1. The first-order valence-electron chi connectivity index (χ1n) is 6.73. The van der Waals surface area contributed by atoms with E-state index in [2.05, 4.69) is 0 Å². The van der Waals surface area contributed by atoms with Gasteiger partial charge in [0, 0.05) is 21.9 Å². The van der Waals surface area contributed by atoms with Gasteiger partial charge in [0.2, 0.25) is 0 Å². The molecule has 0 unspecified atom stereocenters. The van der Waals surface area contributed by atoms with Crippen molar-refractivity contribution in [3.05, 3.63) is 70.0 Å². The third kappa shape index (κ3) is 1.42. The van der Waals surface area contributed by atoms with E-state index in [0.717, 1.165) is 5.56 Å². The molecule has 4 rings (SSSR count). The van der Waals surface area contributed by atoms with Crippen molar-refractivity contribution in [1.82, 2.24) is 4.57 Å². The minimum absolute atomic E-state index is 0.0426. The number of aromatic nitrogens is 1. The van der Waals surface area contributed by atoms with Crippen LogP contribution in [0.25, 0.3) is 22.0 Å². The van der Waals surface area contributed by atoms with Gasteiger partial charge in [-0.25, -0.2) is 0 Å². The molecule has 1 heterocycles. The van der Waals surface area contributed by atoms with Gasteiger partial charge in [0.15, 0.2) is 5.78 Å². The molecule has 0 radical (unpaired) electrons. The quantitative estimate of drug-likeness (QED) is 0.579. The summed E-state index contributed by atoms with van der Waals surface area (Å²) in [5.41, 5.74) is 8.25. The summed E-state index contributed by atoms with van der Waals surface area (Å²) in [7, 11) is 0. The molecule has 0 bridgehead atoms. The van der Waals surface area contributed by atoms with Gasteiger partial charge in [-0.15, -0.1) is 0 Å². The lowest BCUT2D eigenvalue weighted by Gasteiger charge is -2.12. The van der Waals surface area contributed by atoms with Gasteiger partial charge in [0.05, 0.1) is 17.9 Å². The first-order chi connectivity index (χ1) is 10.2. The van der Waals surface area contributed by atoms with E-state index in [1.54, 1.807) is 18.2 Å². The highest BCUT2D eigenvalue weighted by Crippen LogP contribution is 2.38. The molecule has 3 aromatic rings. The molecule has 1 aliphatic carbocycles. The zero-order valence-corrected chi connectivity index (χ0v) is 11.2. The summed E-state index contributed by atoms with van der Waals surface area (Å²) >= 11 is 0. The van der Waals surface area contributed by atoms with Crippen molar-refractivity contribution >= 4 is 16.6 Å². The van der Waals surface area contributed by atoms with Crippen LogP contribution < -0.4 is 11.3 Å². The van der Waals surface area contributed by atoms with Crippen LogP contribution in [0.15, 0.2) is 53.3 Å². The fraction of sp³-hybridized carbons (Fsp3) is 0.0588. The van der Waals surface area contributed by atoms with Gasteiger partial charge < -0.3 is 5.73 Å². The summed E-state index contributed by atoms with van der Waals surface area (Å²) in [5.74, 6) is -0.0426. The Morgan fingerprint density at radius 1 is 0.857 bits per heavy atom. The van der Waals surface area contributed by atoms with Crippen molar-refractivity contribution in [2.75, 3.05) is 0 Å². The molecule has 4 nitrogen and oxygen atoms in total. The second kappa shape index (κ2) is 4.14. The zero-order valence-electron chi connectivity index (χ0n) is 11.2. The number of fused-ring (bicyclic) bond motifs is 5. The van der Waals surface area contributed by atoms with Crippen LogP contribution in [0.4, 0.5) is 0 Å². The van der Waals surface area contributed by atoms with E-state index in [1.165, 1.54) is 4.57 Å². The number of nitrogens with two attached hydrogens (primary N) is 1. The van der Waals surface area contributed by atoms with Gasteiger partial charge in [-0.05, 0) is 6.07 Å². The lowest BCUT2D eigenvalue weighted by atomic mass is 10.0. The predicted octanol–water partition coefficient (Wildman–Crippen LogP) is 2.13. The van der Waals surface area contributed by atoms with E-state index < -0.39 is 0 Å². The van der Waals surface area contributed by atoms with Gasteiger partial charge in [-0.1, -0.05) is 42.5 Å². The molecule has 1 aromatic heterocycles. The number of benzene rings is 2. The third-order valence-corrected chi connectivity index (χ3v) is 4.02. The Labute approximate surface area is 120 Å². The number of carbonyl (C=O) groups is 1. The maximum absolute atomic E-state index is 12.7. The second-order valence-electron chi connectivity index (χ2n) is 5.06. The van der Waals surface area contributed by atoms with Crippen molar-refractivity contribution in [3.8, 4) is 11.3 Å². The lowest BCUT2D eigenvalue weighted by molar-refractivity contribution is 0.104. The number of rotatable bonds is 1. The van der Waals surface area contributed by atoms with Crippen LogP contribution in [0.3, 0.4) is 0 Å². The topological polar surface area (TPSA) is 65.1 Å². The predicted molar refractivity (Wildman–Crippen MR) is 81.3 cm³/mol. The highest BCUT2D eigenvalue weighted by Gasteiger charge is 2.31. The van der Waals surface area contributed by atoms with Crippen molar-refractivity contribution < 1.29 is 4.79 Å². The van der Waals surface area contributed by atoms with E-state index in [1.807, 2.05) is 30.3 Å². The van der Waals surface area contributed by atoms with Gasteiger partial charge in [-0.3, -0.25) is 14.2 Å². The Morgan fingerprint density at radius 2 is 1.48 bits per heavy atom. The molecule has 0 saturated carbocycles. The molecule has 4 heteroatoms. The molecule has 0 atom stereocenters. The van der Waals surface area contributed by atoms with Crippen molar-refractivity contribution in [2.45, 2.75) is 6.67 Å². The van der Waals surface area contributed by atoms with Gasteiger partial charge in [0.25, 0.3) is 5.56 Å². The van der Waals surface area contributed by atoms with Crippen LogP contribution >= 0.6 is 0 Å². The first-order valence-corrected chi connectivity index (χ1v) is 6.73. The summed E-state index contributed by atoms with van der Waals surface area (Å²) < 4.78 is 1.49. The lowest BCUT2D eigenvalue weighted by Crippen LogP contribution is -2.26. The van der Waals surface area contributed by atoms with Crippen LogP contribution in [0, 0.1) is 0 Å². The molecule has 2 N–H and O–H groups in total. The van der Waals surface area contributed by atoms with Gasteiger partial charge >= 0.3 is 0 Å². The first kappa shape index (κ1) is 12.1. The smallest absolute Gasteiger partial charge is 0.260 e. The molecule has 1 aliphatic rings. The summed E-state index contributed by atoms with van der Waals surface area (Å²) in [6.45, 7) is 0.0492. The van der Waals surface area contributed by atoms with Gasteiger partial charge in [0.1, 0.15) is 0 Å². The monoisotopic (exact) mass is 276 g/mol. The highest BCUT2D eigenvalue weighted by molar-refractivity contribution is 6.26. The average molecular weight is 276 g/mol. The van der Waals surface area contributed by atoms with Crippen LogP contribution in [-0.2, 0) is 6.67 Å². The average Bonchev–Trinajstić information content (AvgIpc) is 2.82. The fourth-order valence-electron chi connectivity index (χ4n) is 3.10. The Morgan fingerprint density at radius 3 is 2.19 bits per heavy atom. The molecule has 0 fully saturated rings. The van der Waals surface area contributed by atoms with Gasteiger partial charge in [-0.2, -0.15) is 0 Å². The minimum Gasteiger partial charge on any atom is -0.313 e. The molecule has 21 heavy (non-hydrogen) atoms. The normalized spacial score (nSPS) is 12.5. The largest absolute Gasteiger partial charge is 0.313 e. The van der Waals surface area contributed by atoms with E-state index in [-0.39, 0.29) is 18.0 Å². The fourth-order valence-corrected chi connectivity index (χ4v) is 3.10. The summed E-state index contributed by atoms with van der Waals surface area (Å²) in [6.07, 6.45) is 0. The number of ketones is 1. The zero-order chi connectivity index (χ0) is 14.6. The molecule has 0 amide bonds. The van der Waals surface area contributed by atoms with Crippen LogP contribution in [0.1, 0.15) is 15.9 Å². The standard InChI is InChI=1S/C17H12N2O2/c18-9-19-15-11-6-2-3-7-12(11)16(20)14(15)10-5-1-4-8-13(10)17(19)21/h1-8H,9,18H2. The van der Waals surface area contributed by atoms with Crippen LogP contribution in [-0.4, -0.2) is 10.4 Å². The Bertz CT molecular complexity index is 970. The molecule has 2 aromatic carbocycles. The van der Waals surface area contributed by atoms with Crippen molar-refractivity contribution in [2.24, 2.45) is 5.73 Å². The Kier molecular flexibility index (Phi) is 2.37. The second-order valence-corrected chi connectivity index (χ2v) is 5.06. The van der Waals surface area contributed by atoms with E-state index in [9.17, 15) is 9.59 Å².